The molecule has 0 spiro atoms. The predicted molar refractivity (Wildman–Crippen MR) is 68.5 cm³/mol. The summed E-state index contributed by atoms with van der Waals surface area (Å²) in [5, 5.41) is 13.2. The summed E-state index contributed by atoms with van der Waals surface area (Å²) in [7, 11) is 0. The normalized spacial score (nSPS) is 14.1. The quantitative estimate of drug-likeness (QED) is 0.670. The molecule has 1 heterocycles. The van der Waals surface area contributed by atoms with Crippen LogP contribution in [0.3, 0.4) is 0 Å². The first kappa shape index (κ1) is 12.4. The van der Waals surface area contributed by atoms with Gasteiger partial charge in [-0.25, -0.2) is 4.98 Å². The number of amides is 1. The van der Waals surface area contributed by atoms with Gasteiger partial charge in [-0.05, 0) is 29.8 Å². The fraction of sp³-hybridized carbons (Fsp3) is 0.273. The first-order valence-corrected chi connectivity index (χ1v) is 6.22. The second kappa shape index (κ2) is 5.54. The average Bonchev–Trinajstić information content (AvgIpc) is 2.78. The highest BCUT2D eigenvalue weighted by atomic mass is 32.1. The van der Waals surface area contributed by atoms with Crippen molar-refractivity contribution in [1.82, 2.24) is 4.98 Å². The zero-order valence-corrected chi connectivity index (χ0v) is 10.3. The molecule has 1 aromatic rings. The Morgan fingerprint density at radius 3 is 3.00 bits per heavy atom. The van der Waals surface area contributed by atoms with E-state index in [0.29, 0.717) is 0 Å². The van der Waals surface area contributed by atoms with Crippen LogP contribution in [0.15, 0.2) is 30.0 Å². The lowest BCUT2D eigenvalue weighted by molar-refractivity contribution is -0.380. The molecule has 0 aliphatic heterocycles. The Labute approximate surface area is 107 Å². The highest BCUT2D eigenvalue weighted by molar-refractivity contribution is 7.18. The van der Waals surface area contributed by atoms with Crippen molar-refractivity contribution in [2.75, 3.05) is 5.32 Å². The van der Waals surface area contributed by atoms with E-state index in [9.17, 15) is 14.9 Å². The number of nitrogens with zero attached hydrogens (tertiary/aromatic N) is 2. The lowest BCUT2D eigenvalue weighted by Crippen LogP contribution is -2.11. The van der Waals surface area contributed by atoms with Crippen LogP contribution in [0.2, 0.25) is 0 Å². The number of hydrogen-bond acceptors (Lipinski definition) is 5. The van der Waals surface area contributed by atoms with Gasteiger partial charge in [0.1, 0.15) is 6.20 Å². The van der Waals surface area contributed by atoms with Crippen LogP contribution in [-0.4, -0.2) is 15.8 Å². The number of thiazole rings is 1. The van der Waals surface area contributed by atoms with Crippen LogP contribution in [0.25, 0.3) is 0 Å². The molecule has 0 fully saturated rings. The molecule has 0 bridgehead atoms. The van der Waals surface area contributed by atoms with Gasteiger partial charge < -0.3 is 5.32 Å². The van der Waals surface area contributed by atoms with Crippen LogP contribution in [0, 0.1) is 10.1 Å². The molecule has 94 valence electrons. The van der Waals surface area contributed by atoms with Crippen molar-refractivity contribution in [2.45, 2.75) is 19.3 Å². The topological polar surface area (TPSA) is 85.1 Å². The molecule has 0 atom stereocenters. The first-order valence-electron chi connectivity index (χ1n) is 5.41. The van der Waals surface area contributed by atoms with Gasteiger partial charge in [-0.1, -0.05) is 18.2 Å². The summed E-state index contributed by atoms with van der Waals surface area (Å²) in [5.41, 5.74) is 0.963. The van der Waals surface area contributed by atoms with Crippen molar-refractivity contribution in [1.29, 1.82) is 0 Å². The minimum atomic E-state index is -0.528. The number of anilines is 1. The third kappa shape index (κ3) is 3.24. The van der Waals surface area contributed by atoms with Crippen molar-refractivity contribution < 1.29 is 9.72 Å². The van der Waals surface area contributed by atoms with E-state index in [0.717, 1.165) is 35.9 Å². The number of rotatable bonds is 4. The predicted octanol–water partition coefficient (Wildman–Crippen LogP) is 2.66. The Bertz CT molecular complexity index is 533. The van der Waals surface area contributed by atoms with E-state index in [1.54, 1.807) is 0 Å². The monoisotopic (exact) mass is 265 g/mol. The summed E-state index contributed by atoms with van der Waals surface area (Å²) in [6.45, 7) is 0. The van der Waals surface area contributed by atoms with Crippen molar-refractivity contribution in [3.63, 3.8) is 0 Å². The Morgan fingerprint density at radius 1 is 1.56 bits per heavy atom. The molecule has 18 heavy (non-hydrogen) atoms. The number of hydrogen-bond donors (Lipinski definition) is 1. The highest BCUT2D eigenvalue weighted by Crippen LogP contribution is 2.25. The Morgan fingerprint density at radius 2 is 2.39 bits per heavy atom. The number of carbonyl (C=O) groups is 1. The molecule has 1 aliphatic rings. The largest absolute Gasteiger partial charge is 0.345 e. The second-order valence-electron chi connectivity index (χ2n) is 3.74. The second-order valence-corrected chi connectivity index (χ2v) is 4.75. The van der Waals surface area contributed by atoms with Gasteiger partial charge in [-0.2, -0.15) is 0 Å². The molecule has 1 aromatic heterocycles. The maximum absolute atomic E-state index is 11.7. The molecule has 1 amide bonds. The van der Waals surface area contributed by atoms with Gasteiger partial charge in [0.15, 0.2) is 5.13 Å². The third-order valence-electron chi connectivity index (χ3n) is 2.36. The van der Waals surface area contributed by atoms with E-state index in [1.165, 1.54) is 0 Å². The minimum absolute atomic E-state index is 0.0814. The summed E-state index contributed by atoms with van der Waals surface area (Å²) in [5.74, 6) is -0.211. The molecule has 6 nitrogen and oxygen atoms in total. The summed E-state index contributed by atoms with van der Waals surface area (Å²) >= 11 is 0.852. The zero-order valence-electron chi connectivity index (χ0n) is 9.46. The molecular formula is C11H11N3O3S. The van der Waals surface area contributed by atoms with Crippen LogP contribution in [0.5, 0.6) is 0 Å². The van der Waals surface area contributed by atoms with Gasteiger partial charge in [0.2, 0.25) is 5.91 Å². The van der Waals surface area contributed by atoms with E-state index in [4.69, 9.17) is 0 Å². The van der Waals surface area contributed by atoms with Crippen LogP contribution in [-0.2, 0) is 4.79 Å². The number of nitro groups is 1. The Kier molecular flexibility index (Phi) is 3.83. The third-order valence-corrected chi connectivity index (χ3v) is 3.22. The van der Waals surface area contributed by atoms with E-state index in [1.807, 2.05) is 18.2 Å². The van der Waals surface area contributed by atoms with Crippen LogP contribution < -0.4 is 5.32 Å². The molecule has 0 radical (unpaired) electrons. The number of aromatic nitrogens is 1. The fourth-order valence-corrected chi connectivity index (χ4v) is 2.20. The minimum Gasteiger partial charge on any atom is -0.302 e. The maximum atomic E-state index is 11.7. The molecule has 0 unspecified atom stereocenters. The molecule has 0 aromatic carbocycles. The van der Waals surface area contributed by atoms with E-state index < -0.39 is 4.92 Å². The highest BCUT2D eigenvalue weighted by Gasteiger charge is 2.13. The van der Waals surface area contributed by atoms with Gasteiger partial charge in [0, 0.05) is 0 Å². The standard InChI is InChI=1S/C11H11N3O3S/c15-9(6-8-4-2-1-3-5-8)13-11-12-7-10(18-11)14(16)17/h2,4-5,7H,1,3,6H2,(H,12,13,15). The molecule has 0 saturated heterocycles. The summed E-state index contributed by atoms with van der Waals surface area (Å²) in [6, 6.07) is 0. The number of allylic oxidation sites excluding steroid dienone is 3. The Hall–Kier alpha value is -2.02. The first-order chi connectivity index (χ1) is 8.65. The lowest BCUT2D eigenvalue weighted by atomic mass is 10.0. The molecule has 1 aliphatic carbocycles. The van der Waals surface area contributed by atoms with Gasteiger partial charge in [0.05, 0.1) is 11.3 Å². The Balaban J connectivity index is 1.92. The smallest absolute Gasteiger partial charge is 0.302 e. The lowest BCUT2D eigenvalue weighted by Gasteiger charge is -2.05. The summed E-state index contributed by atoms with van der Waals surface area (Å²) < 4.78 is 0. The molecule has 1 N–H and O–H groups in total. The van der Waals surface area contributed by atoms with E-state index in [2.05, 4.69) is 10.3 Å². The van der Waals surface area contributed by atoms with Crippen molar-refractivity contribution in [3.05, 3.63) is 40.1 Å². The zero-order chi connectivity index (χ0) is 13.0. The van der Waals surface area contributed by atoms with Gasteiger partial charge in [-0.3, -0.25) is 14.9 Å². The molecule has 7 heteroatoms. The van der Waals surface area contributed by atoms with Crippen LogP contribution >= 0.6 is 11.3 Å². The van der Waals surface area contributed by atoms with Gasteiger partial charge >= 0.3 is 5.00 Å². The molecular weight excluding hydrogens is 254 g/mol. The summed E-state index contributed by atoms with van der Waals surface area (Å²) in [4.78, 5) is 25.4. The van der Waals surface area contributed by atoms with Gasteiger partial charge in [0.25, 0.3) is 0 Å². The molecule has 0 saturated carbocycles. The van der Waals surface area contributed by atoms with Crippen LogP contribution in [0.1, 0.15) is 19.3 Å². The van der Waals surface area contributed by atoms with Crippen molar-refractivity contribution in [2.24, 2.45) is 0 Å². The van der Waals surface area contributed by atoms with Crippen molar-refractivity contribution >= 4 is 27.4 Å². The SMILES string of the molecule is O=C(CC1=CCCC=C1)Nc1ncc([N+](=O)[O-])s1. The van der Waals surface area contributed by atoms with E-state index in [-0.39, 0.29) is 22.5 Å². The fourth-order valence-electron chi connectivity index (χ4n) is 1.56. The van der Waals surface area contributed by atoms with E-state index >= 15 is 0 Å². The summed E-state index contributed by atoms with van der Waals surface area (Å²) in [6.07, 6.45) is 9.32. The molecule has 2 rings (SSSR count). The maximum Gasteiger partial charge on any atom is 0.345 e. The van der Waals surface area contributed by atoms with Gasteiger partial charge in [-0.15, -0.1) is 0 Å². The number of carbonyl (C=O) groups excluding carboxylic acids is 1. The van der Waals surface area contributed by atoms with Crippen LogP contribution in [0.4, 0.5) is 10.1 Å². The van der Waals surface area contributed by atoms with Crippen molar-refractivity contribution in [3.8, 4) is 0 Å². The number of nitrogens with one attached hydrogen (secondary N) is 1. The average molecular weight is 265 g/mol.